The van der Waals surface area contributed by atoms with E-state index in [0.717, 1.165) is 16.0 Å². The van der Waals surface area contributed by atoms with Crippen LogP contribution in [0.25, 0.3) is 0 Å². The highest BCUT2D eigenvalue weighted by atomic mass is 32.2. The first-order valence-electron chi connectivity index (χ1n) is 5.85. The molecule has 0 heterocycles. The summed E-state index contributed by atoms with van der Waals surface area (Å²) in [6.07, 6.45) is 0.0385. The molecule has 3 nitrogen and oxygen atoms in total. The Balaban J connectivity index is 2.09. The van der Waals surface area contributed by atoms with Crippen molar-refractivity contribution in [3.05, 3.63) is 59.7 Å². The van der Waals surface area contributed by atoms with Crippen LogP contribution in [0.5, 0.6) is 5.75 Å². The smallest absolute Gasteiger partial charge is 0.307 e. The number of phenolic OH excluding ortho intramolecular Hbond substituents is 1. The van der Waals surface area contributed by atoms with Crippen LogP contribution in [0.2, 0.25) is 0 Å². The molecule has 2 N–H and O–H groups in total. The third kappa shape index (κ3) is 4.03. The molecular formula is C15H14O3S. The van der Waals surface area contributed by atoms with Crippen LogP contribution in [0, 0.1) is 0 Å². The number of carboxylic acids is 1. The van der Waals surface area contributed by atoms with Crippen LogP contribution in [0.1, 0.15) is 11.1 Å². The number of phenols is 1. The molecule has 0 aliphatic heterocycles. The predicted molar refractivity (Wildman–Crippen MR) is 75.4 cm³/mol. The van der Waals surface area contributed by atoms with Gasteiger partial charge in [-0.05, 0) is 29.3 Å². The zero-order valence-electron chi connectivity index (χ0n) is 10.2. The first-order valence-corrected chi connectivity index (χ1v) is 6.84. The molecule has 0 amide bonds. The standard InChI is InChI=1S/C15H14O3S/c16-13-6-3-7-14(9-13)19-10-12-5-2-1-4-11(12)8-15(17)18/h1-7,9,16H,8,10H2,(H,17,18). The molecule has 0 spiro atoms. The minimum atomic E-state index is -0.824. The van der Waals surface area contributed by atoms with Gasteiger partial charge >= 0.3 is 5.97 Å². The van der Waals surface area contributed by atoms with Crippen molar-refractivity contribution in [2.45, 2.75) is 17.1 Å². The van der Waals surface area contributed by atoms with E-state index >= 15 is 0 Å². The number of aliphatic carboxylic acids is 1. The zero-order valence-corrected chi connectivity index (χ0v) is 11.1. The number of hydrogen-bond donors (Lipinski definition) is 2. The normalized spacial score (nSPS) is 10.3. The largest absolute Gasteiger partial charge is 0.508 e. The maximum atomic E-state index is 10.8. The van der Waals surface area contributed by atoms with Crippen molar-refractivity contribution in [2.75, 3.05) is 0 Å². The average molecular weight is 274 g/mol. The number of carboxylic acid groups (broad SMARTS) is 1. The number of aromatic hydroxyl groups is 1. The van der Waals surface area contributed by atoms with Gasteiger partial charge in [-0.1, -0.05) is 30.3 Å². The Morgan fingerprint density at radius 1 is 1.05 bits per heavy atom. The monoisotopic (exact) mass is 274 g/mol. The van der Waals surface area contributed by atoms with Crippen LogP contribution in [0.3, 0.4) is 0 Å². The summed E-state index contributed by atoms with van der Waals surface area (Å²) in [5, 5.41) is 18.3. The van der Waals surface area contributed by atoms with Gasteiger partial charge in [0, 0.05) is 10.6 Å². The Labute approximate surface area is 115 Å². The van der Waals surface area contributed by atoms with Crippen LogP contribution in [-0.4, -0.2) is 16.2 Å². The third-order valence-corrected chi connectivity index (χ3v) is 3.71. The molecule has 2 aromatic rings. The van der Waals surface area contributed by atoms with Gasteiger partial charge in [-0.25, -0.2) is 0 Å². The van der Waals surface area contributed by atoms with Crippen molar-refractivity contribution in [1.29, 1.82) is 0 Å². The molecule has 0 unspecified atom stereocenters. The lowest BCUT2D eigenvalue weighted by Crippen LogP contribution is -2.02. The molecule has 0 atom stereocenters. The van der Waals surface area contributed by atoms with Crippen molar-refractivity contribution in [3.63, 3.8) is 0 Å². The summed E-state index contributed by atoms with van der Waals surface area (Å²) < 4.78 is 0. The van der Waals surface area contributed by atoms with Gasteiger partial charge in [0.25, 0.3) is 0 Å². The Bertz CT molecular complexity index is 581. The summed E-state index contributed by atoms with van der Waals surface area (Å²) in [5.41, 5.74) is 1.85. The summed E-state index contributed by atoms with van der Waals surface area (Å²) in [4.78, 5) is 11.8. The summed E-state index contributed by atoms with van der Waals surface area (Å²) >= 11 is 1.58. The SMILES string of the molecule is O=C(O)Cc1ccccc1CSc1cccc(O)c1. The summed E-state index contributed by atoms with van der Waals surface area (Å²) in [7, 11) is 0. The van der Waals surface area contributed by atoms with E-state index in [0.29, 0.717) is 5.75 Å². The molecule has 0 aromatic heterocycles. The van der Waals surface area contributed by atoms with Gasteiger partial charge in [0.05, 0.1) is 6.42 Å². The molecule has 19 heavy (non-hydrogen) atoms. The van der Waals surface area contributed by atoms with Gasteiger partial charge in [0.1, 0.15) is 5.75 Å². The summed E-state index contributed by atoms with van der Waals surface area (Å²) in [6.45, 7) is 0. The molecular weight excluding hydrogens is 260 g/mol. The van der Waals surface area contributed by atoms with Crippen LogP contribution in [-0.2, 0) is 17.0 Å². The van der Waals surface area contributed by atoms with Crippen molar-refractivity contribution in [1.82, 2.24) is 0 Å². The van der Waals surface area contributed by atoms with Crippen LogP contribution >= 0.6 is 11.8 Å². The lowest BCUT2D eigenvalue weighted by molar-refractivity contribution is -0.136. The molecule has 0 aliphatic rings. The number of hydrogen-bond acceptors (Lipinski definition) is 3. The van der Waals surface area contributed by atoms with Crippen LogP contribution in [0.4, 0.5) is 0 Å². The molecule has 2 rings (SSSR count). The van der Waals surface area contributed by atoms with Crippen LogP contribution < -0.4 is 0 Å². The number of rotatable bonds is 5. The highest BCUT2D eigenvalue weighted by Gasteiger charge is 2.06. The maximum absolute atomic E-state index is 10.8. The second-order valence-corrected chi connectivity index (χ2v) is 5.17. The molecule has 0 bridgehead atoms. The van der Waals surface area contributed by atoms with Crippen LogP contribution in [0.15, 0.2) is 53.4 Å². The summed E-state index contributed by atoms with van der Waals surface area (Å²) in [5.74, 6) is 0.103. The number of thioether (sulfide) groups is 1. The van der Waals surface area contributed by atoms with Gasteiger partial charge in [-0.15, -0.1) is 11.8 Å². The van der Waals surface area contributed by atoms with E-state index in [2.05, 4.69) is 0 Å². The van der Waals surface area contributed by atoms with Crippen molar-refractivity contribution >= 4 is 17.7 Å². The molecule has 0 fully saturated rings. The minimum absolute atomic E-state index is 0.0385. The van der Waals surface area contributed by atoms with Gasteiger partial charge in [0.15, 0.2) is 0 Å². The molecule has 2 aromatic carbocycles. The Morgan fingerprint density at radius 3 is 2.47 bits per heavy atom. The molecule has 0 radical (unpaired) electrons. The Kier molecular flexibility index (Phi) is 4.47. The van der Waals surface area contributed by atoms with Gasteiger partial charge < -0.3 is 10.2 Å². The zero-order chi connectivity index (χ0) is 13.7. The number of carbonyl (C=O) groups is 1. The predicted octanol–water partition coefficient (Wildman–Crippen LogP) is 3.31. The molecule has 0 saturated carbocycles. The van der Waals surface area contributed by atoms with Crippen molar-refractivity contribution in [2.24, 2.45) is 0 Å². The number of benzene rings is 2. The second kappa shape index (κ2) is 6.29. The molecule has 98 valence electrons. The van der Waals surface area contributed by atoms with Crippen molar-refractivity contribution < 1.29 is 15.0 Å². The van der Waals surface area contributed by atoms with E-state index in [1.165, 1.54) is 0 Å². The second-order valence-electron chi connectivity index (χ2n) is 4.13. The molecule has 0 aliphatic carbocycles. The molecule has 4 heteroatoms. The van der Waals surface area contributed by atoms with E-state index < -0.39 is 5.97 Å². The van der Waals surface area contributed by atoms with Crippen molar-refractivity contribution in [3.8, 4) is 5.75 Å². The summed E-state index contributed by atoms with van der Waals surface area (Å²) in [6, 6.07) is 14.6. The first-order chi connectivity index (χ1) is 9.15. The quantitative estimate of drug-likeness (QED) is 0.821. The fourth-order valence-corrected chi connectivity index (χ4v) is 2.75. The first kappa shape index (κ1) is 13.5. The Morgan fingerprint density at radius 2 is 1.79 bits per heavy atom. The lowest BCUT2D eigenvalue weighted by Gasteiger charge is -2.07. The highest BCUT2D eigenvalue weighted by Crippen LogP contribution is 2.27. The van der Waals surface area contributed by atoms with Gasteiger partial charge in [-0.2, -0.15) is 0 Å². The fourth-order valence-electron chi connectivity index (χ4n) is 1.77. The third-order valence-electron chi connectivity index (χ3n) is 2.67. The Hall–Kier alpha value is -1.94. The van der Waals surface area contributed by atoms with E-state index in [1.807, 2.05) is 30.3 Å². The molecule has 0 saturated heterocycles. The van der Waals surface area contributed by atoms with E-state index in [4.69, 9.17) is 5.11 Å². The van der Waals surface area contributed by atoms with E-state index in [-0.39, 0.29) is 12.2 Å². The van der Waals surface area contributed by atoms with Gasteiger partial charge in [0.2, 0.25) is 0 Å². The topological polar surface area (TPSA) is 57.5 Å². The van der Waals surface area contributed by atoms with E-state index in [9.17, 15) is 9.90 Å². The van der Waals surface area contributed by atoms with Gasteiger partial charge in [-0.3, -0.25) is 4.79 Å². The maximum Gasteiger partial charge on any atom is 0.307 e. The fraction of sp³-hybridized carbons (Fsp3) is 0.133. The highest BCUT2D eigenvalue weighted by molar-refractivity contribution is 7.98. The average Bonchev–Trinajstić information content (AvgIpc) is 2.37. The van der Waals surface area contributed by atoms with E-state index in [1.54, 1.807) is 30.0 Å². The minimum Gasteiger partial charge on any atom is -0.508 e. The lowest BCUT2D eigenvalue weighted by atomic mass is 10.1.